The fourth-order valence-corrected chi connectivity index (χ4v) is 6.58. The molecule has 1 atom stereocenters. The lowest BCUT2D eigenvalue weighted by molar-refractivity contribution is 0.0921. The summed E-state index contributed by atoms with van der Waals surface area (Å²) in [7, 11) is -3.06. The van der Waals surface area contributed by atoms with Gasteiger partial charge >= 0.3 is 7.52 Å². The van der Waals surface area contributed by atoms with E-state index in [1.807, 2.05) is 38.1 Å². The molecular formula is C25H35N6O3P. The smallest absolute Gasteiger partial charge is 0.306 e. The van der Waals surface area contributed by atoms with Gasteiger partial charge in [-0.3, -0.25) is 4.57 Å². The maximum absolute atomic E-state index is 12.9. The number of rotatable bonds is 11. The molecule has 1 aromatic carbocycles. The molecular weight excluding hydrogens is 463 g/mol. The number of aromatic nitrogens is 3. The van der Waals surface area contributed by atoms with E-state index in [1.54, 1.807) is 6.33 Å². The van der Waals surface area contributed by atoms with E-state index in [0.717, 1.165) is 40.9 Å². The van der Waals surface area contributed by atoms with Crippen LogP contribution in [0.5, 0.6) is 5.75 Å². The number of nitrogens with two attached hydrogens (primary N) is 1. The van der Waals surface area contributed by atoms with Gasteiger partial charge < -0.3 is 24.5 Å². The molecule has 0 spiro atoms. The van der Waals surface area contributed by atoms with Gasteiger partial charge in [0, 0.05) is 30.9 Å². The molecule has 2 fully saturated rings. The van der Waals surface area contributed by atoms with Crippen LogP contribution in [-0.2, 0) is 9.09 Å². The van der Waals surface area contributed by atoms with Gasteiger partial charge in [0.2, 0.25) is 0 Å². The monoisotopic (exact) mass is 498 g/mol. The van der Waals surface area contributed by atoms with Crippen molar-refractivity contribution in [1.82, 2.24) is 24.5 Å². The van der Waals surface area contributed by atoms with Crippen molar-refractivity contribution in [1.29, 1.82) is 0 Å². The maximum atomic E-state index is 12.9. The van der Waals surface area contributed by atoms with Gasteiger partial charge in [-0.05, 0) is 62.9 Å². The molecule has 1 aliphatic heterocycles. The fraction of sp³-hybridized carbons (Fsp3) is 0.520. The minimum Gasteiger partial charge on any atom is -0.482 e. The first kappa shape index (κ1) is 24.3. The molecule has 2 aliphatic rings. The Labute approximate surface area is 206 Å². The molecule has 0 bridgehead atoms. The lowest BCUT2D eigenvalue weighted by Gasteiger charge is -2.42. The zero-order valence-corrected chi connectivity index (χ0v) is 21.4. The number of nitrogen functional groups attached to an aromatic ring is 1. The Balaban J connectivity index is 1.38. The SMILES string of the molecule is CCNP(=O)(COc1cccc(-c2cn(C3CC(CN4CCC4)C3)c3ncnc(N)c23)c1)OCC. The van der Waals surface area contributed by atoms with E-state index in [2.05, 4.69) is 30.7 Å². The summed E-state index contributed by atoms with van der Waals surface area (Å²) in [6.45, 7) is 8.30. The third kappa shape index (κ3) is 5.09. The Bertz CT molecular complexity index is 1210. The second-order valence-electron chi connectivity index (χ2n) is 9.46. The summed E-state index contributed by atoms with van der Waals surface area (Å²) in [4.78, 5) is 11.4. The Morgan fingerprint density at radius 2 is 2.06 bits per heavy atom. The van der Waals surface area contributed by atoms with Crippen LogP contribution >= 0.6 is 7.52 Å². The zero-order valence-electron chi connectivity index (χ0n) is 20.5. The van der Waals surface area contributed by atoms with Crippen LogP contribution in [0, 0.1) is 5.92 Å². The molecule has 35 heavy (non-hydrogen) atoms. The number of hydrogen-bond donors (Lipinski definition) is 2. The van der Waals surface area contributed by atoms with Crippen LogP contribution in [0.4, 0.5) is 5.82 Å². The van der Waals surface area contributed by atoms with Crippen molar-refractivity contribution in [3.05, 3.63) is 36.8 Å². The third-order valence-corrected chi connectivity index (χ3v) is 8.93. The van der Waals surface area contributed by atoms with Crippen LogP contribution in [-0.4, -0.2) is 58.6 Å². The lowest BCUT2D eigenvalue weighted by Crippen LogP contribution is -2.43. The van der Waals surface area contributed by atoms with Crippen LogP contribution in [0.3, 0.4) is 0 Å². The average Bonchev–Trinajstić information content (AvgIpc) is 3.17. The van der Waals surface area contributed by atoms with Gasteiger partial charge in [-0.1, -0.05) is 19.1 Å². The number of hydrogen-bond acceptors (Lipinski definition) is 7. The quantitative estimate of drug-likeness (QED) is 0.372. The Hall–Kier alpha value is -2.45. The topological polar surface area (TPSA) is 108 Å². The molecule has 1 saturated carbocycles. The third-order valence-electron chi connectivity index (χ3n) is 6.99. The molecule has 1 unspecified atom stereocenters. The van der Waals surface area contributed by atoms with Crippen molar-refractivity contribution >= 4 is 24.4 Å². The Kier molecular flexibility index (Phi) is 7.12. The highest BCUT2D eigenvalue weighted by atomic mass is 31.2. The maximum Gasteiger partial charge on any atom is 0.306 e. The summed E-state index contributed by atoms with van der Waals surface area (Å²) >= 11 is 0. The van der Waals surface area contributed by atoms with E-state index >= 15 is 0 Å². The first-order valence-corrected chi connectivity index (χ1v) is 14.4. The molecule has 5 rings (SSSR count). The van der Waals surface area contributed by atoms with E-state index in [1.165, 1.54) is 26.1 Å². The number of anilines is 1. The average molecular weight is 499 g/mol. The van der Waals surface area contributed by atoms with Crippen LogP contribution in [0.25, 0.3) is 22.2 Å². The predicted octanol–water partition coefficient (Wildman–Crippen LogP) is 4.51. The molecule has 188 valence electrons. The van der Waals surface area contributed by atoms with Gasteiger partial charge in [-0.25, -0.2) is 15.1 Å². The molecule has 3 heterocycles. The van der Waals surface area contributed by atoms with E-state index in [4.69, 9.17) is 15.0 Å². The molecule has 0 radical (unpaired) electrons. The van der Waals surface area contributed by atoms with Crippen molar-refractivity contribution in [2.75, 3.05) is 44.9 Å². The van der Waals surface area contributed by atoms with Crippen molar-refractivity contribution < 1.29 is 13.8 Å². The number of nitrogens with zero attached hydrogens (tertiary/aromatic N) is 4. The summed E-state index contributed by atoms with van der Waals surface area (Å²) in [5.74, 6) is 1.84. The van der Waals surface area contributed by atoms with Crippen LogP contribution in [0.1, 0.15) is 39.2 Å². The molecule has 0 amide bonds. The van der Waals surface area contributed by atoms with E-state index in [0.29, 0.717) is 30.8 Å². The van der Waals surface area contributed by atoms with Gasteiger partial charge in [-0.2, -0.15) is 0 Å². The summed E-state index contributed by atoms with van der Waals surface area (Å²) < 4.78 is 26.5. The highest BCUT2D eigenvalue weighted by Gasteiger charge is 2.34. The largest absolute Gasteiger partial charge is 0.482 e. The molecule has 1 aliphatic carbocycles. The highest BCUT2D eigenvalue weighted by molar-refractivity contribution is 7.56. The van der Waals surface area contributed by atoms with Crippen molar-refractivity contribution in [2.45, 2.75) is 39.2 Å². The van der Waals surface area contributed by atoms with Gasteiger partial charge in [-0.15, -0.1) is 0 Å². The van der Waals surface area contributed by atoms with Gasteiger partial charge in [0.15, 0.2) is 6.35 Å². The summed E-state index contributed by atoms with van der Waals surface area (Å²) in [5, 5.41) is 3.79. The van der Waals surface area contributed by atoms with Crippen molar-refractivity contribution in [2.24, 2.45) is 5.92 Å². The molecule has 3 aromatic rings. The summed E-state index contributed by atoms with van der Waals surface area (Å²) in [6, 6.07) is 8.18. The first-order valence-electron chi connectivity index (χ1n) is 12.5. The Morgan fingerprint density at radius 1 is 1.23 bits per heavy atom. The van der Waals surface area contributed by atoms with Crippen molar-refractivity contribution in [3.8, 4) is 16.9 Å². The molecule has 2 aromatic heterocycles. The lowest BCUT2D eigenvalue weighted by atomic mass is 9.79. The number of ether oxygens (including phenoxy) is 1. The van der Waals surface area contributed by atoms with Crippen LogP contribution in [0.15, 0.2) is 36.8 Å². The highest BCUT2D eigenvalue weighted by Crippen LogP contribution is 2.44. The fourth-order valence-electron chi connectivity index (χ4n) is 5.10. The standard InChI is InChI=1S/C25H35N6O3P/c1-3-29-35(32,34-4-2)17-33-21-8-5-7-19(13-21)22-15-31(25-23(22)24(26)27-16-28-25)20-11-18(12-20)14-30-9-6-10-30/h5,7-8,13,15-16,18,20H,3-4,6,9-12,14,17H2,1-2H3,(H,29,32)(H2,26,27,28). The zero-order chi connectivity index (χ0) is 24.4. The van der Waals surface area contributed by atoms with Crippen molar-refractivity contribution in [3.63, 3.8) is 0 Å². The molecule has 3 N–H and O–H groups in total. The number of fused-ring (bicyclic) bond motifs is 1. The van der Waals surface area contributed by atoms with Crippen LogP contribution < -0.4 is 15.6 Å². The van der Waals surface area contributed by atoms with E-state index in [-0.39, 0.29) is 6.35 Å². The Morgan fingerprint density at radius 3 is 2.77 bits per heavy atom. The molecule has 1 saturated heterocycles. The number of nitrogens with one attached hydrogen (secondary N) is 1. The second kappa shape index (κ2) is 10.3. The van der Waals surface area contributed by atoms with Gasteiger partial charge in [0.1, 0.15) is 23.5 Å². The van der Waals surface area contributed by atoms with Crippen LogP contribution in [0.2, 0.25) is 0 Å². The minimum absolute atomic E-state index is 0.0361. The van der Waals surface area contributed by atoms with E-state index < -0.39 is 7.52 Å². The van der Waals surface area contributed by atoms with Gasteiger partial charge in [0.05, 0.1) is 12.0 Å². The van der Waals surface area contributed by atoms with E-state index in [9.17, 15) is 4.57 Å². The second-order valence-corrected chi connectivity index (χ2v) is 11.6. The minimum atomic E-state index is -3.06. The summed E-state index contributed by atoms with van der Waals surface area (Å²) in [6.07, 6.45) is 7.31. The normalized spacial score (nSPS) is 21.9. The van der Waals surface area contributed by atoms with Gasteiger partial charge in [0.25, 0.3) is 0 Å². The predicted molar refractivity (Wildman–Crippen MR) is 139 cm³/mol. The number of benzene rings is 1. The molecule has 9 nitrogen and oxygen atoms in total. The first-order chi connectivity index (χ1) is 17.0. The molecule has 10 heteroatoms. The summed E-state index contributed by atoms with van der Waals surface area (Å²) in [5.41, 5.74) is 9.16. The number of likely N-dealkylation sites (tertiary alicyclic amines) is 1.